The molecular weight excluding hydrogens is 338 g/mol. The molecule has 0 saturated heterocycles. The van der Waals surface area contributed by atoms with Gasteiger partial charge in [-0.2, -0.15) is 0 Å². The van der Waals surface area contributed by atoms with Gasteiger partial charge in [-0.1, -0.05) is 30.3 Å². The Bertz CT molecular complexity index is 969. The largest absolute Gasteiger partial charge is 0.497 e. The van der Waals surface area contributed by atoms with Gasteiger partial charge in [0.2, 0.25) is 5.95 Å². The molecule has 5 nitrogen and oxygen atoms in total. The van der Waals surface area contributed by atoms with Crippen molar-refractivity contribution in [1.29, 1.82) is 0 Å². The molecule has 136 valence electrons. The number of anilines is 2. The standard InChI is InChI=1S/C22H21N3O2/c1-14-21-19(25-22(23-14)24-17-6-4-3-5-7-17)12-16(13-20(21)26)15-8-10-18(27-2)11-9-15/h3-11,16H,12-13H2,1-2H3,(H,23,24,25). The number of Topliss-reactive ketones (excluding diaryl/α,β-unsaturated/α-hetero) is 1. The topological polar surface area (TPSA) is 64.1 Å². The lowest BCUT2D eigenvalue weighted by Crippen LogP contribution is -2.22. The third-order valence-corrected chi connectivity index (χ3v) is 4.93. The van der Waals surface area contributed by atoms with Crippen LogP contribution in [0.5, 0.6) is 5.75 Å². The van der Waals surface area contributed by atoms with Gasteiger partial charge in [0.1, 0.15) is 5.75 Å². The van der Waals surface area contributed by atoms with Crippen LogP contribution in [0.25, 0.3) is 0 Å². The minimum atomic E-state index is 0.112. The number of carbonyl (C=O) groups is 1. The molecule has 1 heterocycles. The van der Waals surface area contributed by atoms with Gasteiger partial charge in [-0.3, -0.25) is 4.79 Å². The van der Waals surface area contributed by atoms with Crippen LogP contribution < -0.4 is 10.1 Å². The van der Waals surface area contributed by atoms with E-state index in [-0.39, 0.29) is 11.7 Å². The predicted octanol–water partition coefficient (Wildman–Crippen LogP) is 4.45. The highest BCUT2D eigenvalue weighted by molar-refractivity contribution is 5.99. The van der Waals surface area contributed by atoms with Gasteiger partial charge in [-0.15, -0.1) is 0 Å². The molecule has 5 heteroatoms. The van der Waals surface area contributed by atoms with Crippen LogP contribution in [-0.4, -0.2) is 22.9 Å². The summed E-state index contributed by atoms with van der Waals surface area (Å²) in [5.74, 6) is 1.57. The number of aryl methyl sites for hydroxylation is 1. The molecule has 0 saturated carbocycles. The van der Waals surface area contributed by atoms with Crippen LogP contribution in [-0.2, 0) is 6.42 Å². The van der Waals surface area contributed by atoms with Crippen molar-refractivity contribution in [2.45, 2.75) is 25.7 Å². The summed E-state index contributed by atoms with van der Waals surface area (Å²) in [5.41, 5.74) is 4.28. The number of fused-ring (bicyclic) bond motifs is 1. The van der Waals surface area contributed by atoms with E-state index < -0.39 is 0 Å². The molecular formula is C22H21N3O2. The van der Waals surface area contributed by atoms with E-state index in [1.54, 1.807) is 7.11 Å². The smallest absolute Gasteiger partial charge is 0.227 e. The fourth-order valence-electron chi connectivity index (χ4n) is 3.59. The average molecular weight is 359 g/mol. The van der Waals surface area contributed by atoms with Gasteiger partial charge in [0.05, 0.1) is 24.1 Å². The van der Waals surface area contributed by atoms with Gasteiger partial charge in [-0.05, 0) is 49.1 Å². The average Bonchev–Trinajstić information content (AvgIpc) is 2.68. The van der Waals surface area contributed by atoms with Gasteiger partial charge in [0.25, 0.3) is 0 Å². The highest BCUT2D eigenvalue weighted by atomic mass is 16.5. The molecule has 0 radical (unpaired) electrons. The lowest BCUT2D eigenvalue weighted by atomic mass is 9.81. The molecule has 0 aliphatic heterocycles. The first kappa shape index (κ1) is 17.2. The van der Waals surface area contributed by atoms with Crippen LogP contribution in [0.3, 0.4) is 0 Å². The van der Waals surface area contributed by atoms with Gasteiger partial charge in [0.15, 0.2) is 5.78 Å². The first-order chi connectivity index (χ1) is 13.1. The Morgan fingerprint density at radius 2 is 1.74 bits per heavy atom. The van der Waals surface area contributed by atoms with Crippen molar-refractivity contribution in [3.05, 3.63) is 77.1 Å². The molecule has 27 heavy (non-hydrogen) atoms. The Morgan fingerprint density at radius 1 is 1.00 bits per heavy atom. The Morgan fingerprint density at radius 3 is 2.44 bits per heavy atom. The quantitative estimate of drug-likeness (QED) is 0.745. The number of methoxy groups -OCH3 is 1. The molecule has 0 amide bonds. The zero-order chi connectivity index (χ0) is 18.8. The lowest BCUT2D eigenvalue weighted by Gasteiger charge is -2.24. The third kappa shape index (κ3) is 3.53. The van der Waals surface area contributed by atoms with Gasteiger partial charge >= 0.3 is 0 Å². The maximum Gasteiger partial charge on any atom is 0.227 e. The number of aromatic nitrogens is 2. The van der Waals surface area contributed by atoms with Crippen LogP contribution in [0.4, 0.5) is 11.6 Å². The van der Waals surface area contributed by atoms with Crippen molar-refractivity contribution in [3.8, 4) is 5.75 Å². The number of benzene rings is 2. The van der Waals surface area contributed by atoms with Crippen molar-refractivity contribution in [1.82, 2.24) is 9.97 Å². The number of carbonyl (C=O) groups excluding carboxylic acids is 1. The Labute approximate surface area is 158 Å². The Hall–Kier alpha value is -3.21. The highest BCUT2D eigenvalue weighted by Crippen LogP contribution is 2.34. The number of ketones is 1. The number of hydrogen-bond acceptors (Lipinski definition) is 5. The van der Waals surface area contributed by atoms with E-state index in [4.69, 9.17) is 4.74 Å². The summed E-state index contributed by atoms with van der Waals surface area (Å²) in [7, 11) is 1.65. The molecule has 1 atom stereocenters. The van der Waals surface area contributed by atoms with Crippen molar-refractivity contribution in [2.24, 2.45) is 0 Å². The summed E-state index contributed by atoms with van der Waals surface area (Å²) in [4.78, 5) is 21.9. The summed E-state index contributed by atoms with van der Waals surface area (Å²) in [5, 5.41) is 3.23. The van der Waals surface area contributed by atoms with Gasteiger partial charge < -0.3 is 10.1 Å². The molecule has 1 aromatic heterocycles. The molecule has 1 aliphatic rings. The molecule has 1 aliphatic carbocycles. The van der Waals surface area contributed by atoms with Crippen LogP contribution in [0.15, 0.2) is 54.6 Å². The third-order valence-electron chi connectivity index (χ3n) is 4.93. The molecule has 4 rings (SSSR count). The second-order valence-corrected chi connectivity index (χ2v) is 6.75. The number of para-hydroxylation sites is 1. The lowest BCUT2D eigenvalue weighted by molar-refractivity contribution is 0.0962. The van der Waals surface area contributed by atoms with Gasteiger partial charge in [-0.25, -0.2) is 9.97 Å². The maximum absolute atomic E-state index is 12.8. The van der Waals surface area contributed by atoms with E-state index in [0.29, 0.717) is 17.9 Å². The first-order valence-electron chi connectivity index (χ1n) is 9.01. The minimum absolute atomic E-state index is 0.112. The molecule has 2 aromatic carbocycles. The summed E-state index contributed by atoms with van der Waals surface area (Å²) in [6, 6.07) is 17.7. The predicted molar refractivity (Wildman–Crippen MR) is 105 cm³/mol. The fourth-order valence-corrected chi connectivity index (χ4v) is 3.59. The van der Waals surface area contributed by atoms with E-state index in [2.05, 4.69) is 15.3 Å². The number of ether oxygens (including phenoxy) is 1. The second kappa shape index (κ2) is 7.19. The van der Waals surface area contributed by atoms with Crippen molar-refractivity contribution in [3.63, 3.8) is 0 Å². The van der Waals surface area contributed by atoms with Crippen LogP contribution >= 0.6 is 0 Å². The highest BCUT2D eigenvalue weighted by Gasteiger charge is 2.30. The van der Waals surface area contributed by atoms with Crippen molar-refractivity contribution < 1.29 is 9.53 Å². The summed E-state index contributed by atoms with van der Waals surface area (Å²) < 4.78 is 5.23. The monoisotopic (exact) mass is 359 g/mol. The molecule has 0 spiro atoms. The zero-order valence-electron chi connectivity index (χ0n) is 15.4. The van der Waals surface area contributed by atoms with E-state index in [1.807, 2.05) is 61.5 Å². The van der Waals surface area contributed by atoms with E-state index in [0.717, 1.165) is 34.8 Å². The van der Waals surface area contributed by atoms with E-state index in [1.165, 1.54) is 0 Å². The SMILES string of the molecule is COc1ccc(C2CC(=O)c3c(C)nc(Nc4ccccc4)nc3C2)cc1. The maximum atomic E-state index is 12.8. The van der Waals surface area contributed by atoms with Crippen LogP contribution in [0, 0.1) is 6.92 Å². The Kier molecular flexibility index (Phi) is 4.59. The van der Waals surface area contributed by atoms with E-state index in [9.17, 15) is 4.79 Å². The summed E-state index contributed by atoms with van der Waals surface area (Å²) in [6.45, 7) is 1.88. The zero-order valence-corrected chi connectivity index (χ0v) is 15.4. The van der Waals surface area contributed by atoms with Crippen molar-refractivity contribution >= 4 is 17.4 Å². The van der Waals surface area contributed by atoms with E-state index >= 15 is 0 Å². The Balaban J connectivity index is 1.64. The van der Waals surface area contributed by atoms with Crippen molar-refractivity contribution in [2.75, 3.05) is 12.4 Å². The number of nitrogens with zero attached hydrogens (tertiary/aromatic N) is 2. The number of rotatable bonds is 4. The fraction of sp³-hybridized carbons (Fsp3) is 0.227. The molecule has 1 unspecified atom stereocenters. The number of hydrogen-bond donors (Lipinski definition) is 1. The van der Waals surface area contributed by atoms with Gasteiger partial charge in [0, 0.05) is 12.1 Å². The number of nitrogens with one attached hydrogen (secondary N) is 1. The molecule has 0 bridgehead atoms. The molecule has 3 aromatic rings. The van der Waals surface area contributed by atoms with Crippen LogP contribution in [0.2, 0.25) is 0 Å². The normalized spacial score (nSPS) is 15.9. The molecule has 1 N–H and O–H groups in total. The summed E-state index contributed by atoms with van der Waals surface area (Å²) in [6.07, 6.45) is 1.20. The first-order valence-corrected chi connectivity index (χ1v) is 9.01. The van der Waals surface area contributed by atoms with Crippen LogP contribution in [0.1, 0.15) is 39.6 Å². The molecule has 0 fully saturated rings. The summed E-state index contributed by atoms with van der Waals surface area (Å²) >= 11 is 0. The minimum Gasteiger partial charge on any atom is -0.497 e. The second-order valence-electron chi connectivity index (χ2n) is 6.75.